The maximum absolute atomic E-state index is 8.79. The highest BCUT2D eigenvalue weighted by Gasteiger charge is 1.89. The van der Waals surface area contributed by atoms with Crippen LogP contribution in [0.15, 0.2) is 54.6 Å². The van der Waals surface area contributed by atoms with Crippen LogP contribution in [0.3, 0.4) is 0 Å². The van der Waals surface area contributed by atoms with Gasteiger partial charge in [0.05, 0.1) is 5.02 Å². The first-order valence-electron chi connectivity index (χ1n) is 4.77. The molecule has 2 aromatic rings. The molecule has 3 heteroatoms. The minimum atomic E-state index is 0.133. The molecule has 0 aliphatic heterocycles. The van der Waals surface area contributed by atoms with Crippen molar-refractivity contribution >= 4 is 27.5 Å². The largest absolute Gasteiger partial charge is 0.506 e. The molecule has 0 saturated heterocycles. The van der Waals surface area contributed by atoms with Crippen LogP contribution in [0.5, 0.6) is 5.75 Å². The topological polar surface area (TPSA) is 20.2 Å². The summed E-state index contributed by atoms with van der Waals surface area (Å²) in [5.41, 5.74) is 1.33. The average molecular weight is 300 g/mol. The minimum Gasteiger partial charge on any atom is -0.506 e. The number of benzene rings is 2. The third kappa shape index (κ3) is 4.69. The molecule has 0 aliphatic rings. The summed E-state index contributed by atoms with van der Waals surface area (Å²) in [6.07, 6.45) is 0. The van der Waals surface area contributed by atoms with Gasteiger partial charge in [-0.05, 0) is 17.7 Å². The van der Waals surface area contributed by atoms with E-state index < -0.39 is 0 Å². The molecule has 16 heavy (non-hydrogen) atoms. The van der Waals surface area contributed by atoms with Crippen LogP contribution in [0.4, 0.5) is 0 Å². The first-order valence-corrected chi connectivity index (χ1v) is 6.27. The Morgan fingerprint density at radius 1 is 0.938 bits per heavy atom. The normalized spacial score (nSPS) is 9.12. The maximum atomic E-state index is 8.79. The third-order valence-corrected chi connectivity index (χ3v) is 2.82. The zero-order chi connectivity index (χ0) is 11.8. The zero-order valence-electron chi connectivity index (χ0n) is 8.61. The molecular formula is C13H12BrClO. The quantitative estimate of drug-likeness (QED) is 0.761. The van der Waals surface area contributed by atoms with Gasteiger partial charge in [0.25, 0.3) is 0 Å². The van der Waals surface area contributed by atoms with Crippen LogP contribution in [0, 0.1) is 0 Å². The van der Waals surface area contributed by atoms with Crippen molar-refractivity contribution in [3.63, 3.8) is 0 Å². The molecule has 0 radical (unpaired) electrons. The fourth-order valence-electron chi connectivity index (χ4n) is 1.02. The van der Waals surface area contributed by atoms with Gasteiger partial charge in [-0.2, -0.15) is 0 Å². The number of rotatable bonds is 1. The molecule has 2 rings (SSSR count). The first-order chi connectivity index (χ1) is 7.74. The number of hydrogen-bond acceptors (Lipinski definition) is 1. The summed E-state index contributed by atoms with van der Waals surface area (Å²) in [6, 6.07) is 16.9. The number of phenolic OH excluding ortho intramolecular Hbond substituents is 1. The number of alkyl halides is 1. The fraction of sp³-hybridized carbons (Fsp3) is 0.0769. The highest BCUT2D eigenvalue weighted by Crippen LogP contribution is 2.20. The van der Waals surface area contributed by atoms with E-state index in [1.54, 1.807) is 24.3 Å². The fourth-order valence-corrected chi connectivity index (χ4v) is 1.53. The molecule has 0 spiro atoms. The summed E-state index contributed by atoms with van der Waals surface area (Å²) < 4.78 is 0. The van der Waals surface area contributed by atoms with Gasteiger partial charge in [0, 0.05) is 5.33 Å². The van der Waals surface area contributed by atoms with E-state index in [0.717, 1.165) is 5.33 Å². The average Bonchev–Trinajstić information content (AvgIpc) is 2.35. The number of phenols is 1. The van der Waals surface area contributed by atoms with Gasteiger partial charge in [-0.3, -0.25) is 0 Å². The third-order valence-electron chi connectivity index (χ3n) is 1.85. The first kappa shape index (κ1) is 13.1. The lowest BCUT2D eigenvalue weighted by atomic mass is 10.2. The monoisotopic (exact) mass is 298 g/mol. The van der Waals surface area contributed by atoms with Crippen molar-refractivity contribution in [2.45, 2.75) is 5.33 Å². The van der Waals surface area contributed by atoms with E-state index >= 15 is 0 Å². The Labute approximate surface area is 109 Å². The second-order valence-electron chi connectivity index (χ2n) is 3.07. The van der Waals surface area contributed by atoms with Gasteiger partial charge in [-0.25, -0.2) is 0 Å². The number of aromatic hydroxyl groups is 1. The number of para-hydroxylation sites is 1. The molecule has 0 saturated carbocycles. The Kier molecular flexibility index (Phi) is 5.98. The Morgan fingerprint density at radius 3 is 1.88 bits per heavy atom. The van der Waals surface area contributed by atoms with Gasteiger partial charge in [0.2, 0.25) is 0 Å². The van der Waals surface area contributed by atoms with E-state index in [4.69, 9.17) is 16.7 Å². The highest BCUT2D eigenvalue weighted by atomic mass is 79.9. The van der Waals surface area contributed by atoms with Crippen LogP contribution >= 0.6 is 27.5 Å². The van der Waals surface area contributed by atoms with Crippen molar-refractivity contribution in [3.8, 4) is 5.75 Å². The van der Waals surface area contributed by atoms with Crippen LogP contribution < -0.4 is 0 Å². The molecule has 0 aromatic heterocycles. The zero-order valence-corrected chi connectivity index (χ0v) is 10.9. The van der Waals surface area contributed by atoms with Crippen molar-refractivity contribution < 1.29 is 5.11 Å². The standard InChI is InChI=1S/C7H7Br.C6H5ClO/c8-6-7-4-2-1-3-5-7;7-5-3-1-2-4-6(5)8/h1-5H,6H2;1-4,8H. The number of hydrogen-bond donors (Lipinski definition) is 1. The number of halogens is 2. The smallest absolute Gasteiger partial charge is 0.134 e. The molecule has 0 aliphatic carbocycles. The Morgan fingerprint density at radius 2 is 1.50 bits per heavy atom. The Balaban J connectivity index is 0.000000160. The molecular weight excluding hydrogens is 287 g/mol. The van der Waals surface area contributed by atoms with E-state index in [9.17, 15) is 0 Å². The van der Waals surface area contributed by atoms with Crippen molar-refractivity contribution in [2.75, 3.05) is 0 Å². The molecule has 1 nitrogen and oxygen atoms in total. The molecule has 84 valence electrons. The van der Waals surface area contributed by atoms with Crippen LogP contribution in [0.2, 0.25) is 5.02 Å². The van der Waals surface area contributed by atoms with Gasteiger partial charge >= 0.3 is 0 Å². The van der Waals surface area contributed by atoms with Crippen LogP contribution in [-0.2, 0) is 5.33 Å². The van der Waals surface area contributed by atoms with Crippen LogP contribution in [0.1, 0.15) is 5.56 Å². The molecule has 2 aromatic carbocycles. The highest BCUT2D eigenvalue weighted by molar-refractivity contribution is 9.08. The lowest BCUT2D eigenvalue weighted by Crippen LogP contribution is -1.70. The Bertz CT molecular complexity index is 396. The molecule has 0 atom stereocenters. The predicted molar refractivity (Wildman–Crippen MR) is 72.2 cm³/mol. The second-order valence-corrected chi connectivity index (χ2v) is 4.04. The van der Waals surface area contributed by atoms with Gasteiger partial charge in [0.15, 0.2) is 0 Å². The SMILES string of the molecule is BrCc1ccccc1.Oc1ccccc1Cl. The van der Waals surface area contributed by atoms with Crippen LogP contribution in [0.25, 0.3) is 0 Å². The maximum Gasteiger partial charge on any atom is 0.134 e. The molecule has 0 amide bonds. The van der Waals surface area contributed by atoms with E-state index in [1.807, 2.05) is 18.2 Å². The predicted octanol–water partition coefficient (Wildman–Crippen LogP) is 4.63. The molecule has 0 bridgehead atoms. The summed E-state index contributed by atoms with van der Waals surface area (Å²) in [4.78, 5) is 0. The van der Waals surface area contributed by atoms with Gasteiger partial charge in [0.1, 0.15) is 5.75 Å². The summed E-state index contributed by atoms with van der Waals surface area (Å²) in [5, 5.41) is 10.1. The van der Waals surface area contributed by atoms with Crippen molar-refractivity contribution in [2.24, 2.45) is 0 Å². The van der Waals surface area contributed by atoms with Crippen molar-refractivity contribution in [1.82, 2.24) is 0 Å². The minimum absolute atomic E-state index is 0.133. The van der Waals surface area contributed by atoms with E-state index in [1.165, 1.54) is 5.56 Å². The molecule has 0 unspecified atom stereocenters. The van der Waals surface area contributed by atoms with E-state index in [0.29, 0.717) is 5.02 Å². The van der Waals surface area contributed by atoms with Gasteiger partial charge in [-0.15, -0.1) is 0 Å². The van der Waals surface area contributed by atoms with E-state index in [2.05, 4.69) is 28.1 Å². The Hall–Kier alpha value is -0.990. The molecule has 0 fully saturated rings. The summed E-state index contributed by atoms with van der Waals surface area (Å²) in [7, 11) is 0. The lowest BCUT2D eigenvalue weighted by molar-refractivity contribution is 0.475. The summed E-state index contributed by atoms with van der Waals surface area (Å²) in [5.74, 6) is 0.133. The van der Waals surface area contributed by atoms with Gasteiger partial charge < -0.3 is 5.11 Å². The molecule has 1 N–H and O–H groups in total. The van der Waals surface area contributed by atoms with Crippen LogP contribution in [-0.4, -0.2) is 5.11 Å². The van der Waals surface area contributed by atoms with Gasteiger partial charge in [-0.1, -0.05) is 70.0 Å². The lowest BCUT2D eigenvalue weighted by Gasteiger charge is -1.89. The van der Waals surface area contributed by atoms with E-state index in [-0.39, 0.29) is 5.75 Å². The van der Waals surface area contributed by atoms with Crippen molar-refractivity contribution in [1.29, 1.82) is 0 Å². The summed E-state index contributed by atoms with van der Waals surface area (Å²) in [6.45, 7) is 0. The summed E-state index contributed by atoms with van der Waals surface area (Å²) >= 11 is 8.82. The second kappa shape index (κ2) is 7.31. The van der Waals surface area contributed by atoms with Crippen molar-refractivity contribution in [3.05, 3.63) is 65.2 Å². The molecule has 0 heterocycles.